The summed E-state index contributed by atoms with van der Waals surface area (Å²) in [5.41, 5.74) is 0. The molecule has 94 valence electrons. The van der Waals surface area contributed by atoms with Crippen molar-refractivity contribution in [1.29, 1.82) is 0 Å². The van der Waals surface area contributed by atoms with Crippen LogP contribution in [0.5, 0.6) is 0 Å². The van der Waals surface area contributed by atoms with Gasteiger partial charge in [-0.2, -0.15) is 0 Å². The van der Waals surface area contributed by atoms with E-state index in [2.05, 4.69) is 26.0 Å². The van der Waals surface area contributed by atoms with E-state index in [9.17, 15) is 5.11 Å². The molecule has 0 aliphatic rings. The van der Waals surface area contributed by atoms with Crippen LogP contribution in [0.1, 0.15) is 65.2 Å². The Bertz CT molecular complexity index is 182. The summed E-state index contributed by atoms with van der Waals surface area (Å²) < 4.78 is 0. The van der Waals surface area contributed by atoms with Gasteiger partial charge >= 0.3 is 0 Å². The Labute approximate surface area is 101 Å². The standard InChI is InChI=1S/C15H28O/c1-3-5-7-8-9-10-12-14-15(16)13-11-6-4-2/h9-10,12,14-16H,3-8,11,13H2,1-2H3/b10-9+,14-12-. The molecule has 0 bridgehead atoms. The van der Waals surface area contributed by atoms with Gasteiger partial charge in [-0.3, -0.25) is 0 Å². The van der Waals surface area contributed by atoms with Crippen LogP contribution in [0.15, 0.2) is 24.3 Å². The lowest BCUT2D eigenvalue weighted by molar-refractivity contribution is 0.208. The zero-order valence-electron chi connectivity index (χ0n) is 11.0. The Morgan fingerprint density at radius 2 is 1.62 bits per heavy atom. The summed E-state index contributed by atoms with van der Waals surface area (Å²) in [6, 6.07) is 0. The van der Waals surface area contributed by atoms with Gasteiger partial charge in [0.25, 0.3) is 0 Å². The third-order valence-electron chi connectivity index (χ3n) is 2.66. The van der Waals surface area contributed by atoms with E-state index in [0.717, 1.165) is 19.3 Å². The van der Waals surface area contributed by atoms with E-state index in [0.29, 0.717) is 0 Å². The number of hydrogen-bond donors (Lipinski definition) is 1. The van der Waals surface area contributed by atoms with Crippen LogP contribution in [0.25, 0.3) is 0 Å². The molecular weight excluding hydrogens is 196 g/mol. The highest BCUT2D eigenvalue weighted by atomic mass is 16.3. The first-order chi connectivity index (χ1) is 7.81. The lowest BCUT2D eigenvalue weighted by Crippen LogP contribution is -2.00. The minimum atomic E-state index is -0.258. The zero-order chi connectivity index (χ0) is 12.1. The van der Waals surface area contributed by atoms with Crippen molar-refractivity contribution in [3.05, 3.63) is 24.3 Å². The van der Waals surface area contributed by atoms with Crippen molar-refractivity contribution in [3.63, 3.8) is 0 Å². The molecule has 1 unspecified atom stereocenters. The van der Waals surface area contributed by atoms with Crippen LogP contribution in [-0.2, 0) is 0 Å². The lowest BCUT2D eigenvalue weighted by Gasteiger charge is -2.02. The number of rotatable bonds is 10. The predicted molar refractivity (Wildman–Crippen MR) is 72.6 cm³/mol. The average Bonchev–Trinajstić information content (AvgIpc) is 2.28. The second-order valence-electron chi connectivity index (χ2n) is 4.37. The first-order valence-electron chi connectivity index (χ1n) is 6.82. The molecule has 1 nitrogen and oxygen atoms in total. The van der Waals surface area contributed by atoms with E-state index in [-0.39, 0.29) is 6.10 Å². The fraction of sp³-hybridized carbons (Fsp3) is 0.733. The van der Waals surface area contributed by atoms with Crippen molar-refractivity contribution in [1.82, 2.24) is 0 Å². The van der Waals surface area contributed by atoms with Crippen LogP contribution in [0.2, 0.25) is 0 Å². The Balaban J connectivity index is 3.42. The molecule has 1 atom stereocenters. The highest BCUT2D eigenvalue weighted by Gasteiger charge is 1.96. The first-order valence-corrected chi connectivity index (χ1v) is 6.82. The van der Waals surface area contributed by atoms with Gasteiger partial charge in [0.2, 0.25) is 0 Å². The monoisotopic (exact) mass is 224 g/mol. The largest absolute Gasteiger partial charge is 0.389 e. The maximum atomic E-state index is 9.60. The van der Waals surface area contributed by atoms with Crippen LogP contribution in [0.3, 0.4) is 0 Å². The quantitative estimate of drug-likeness (QED) is 0.424. The summed E-state index contributed by atoms with van der Waals surface area (Å²) in [5.74, 6) is 0. The van der Waals surface area contributed by atoms with Gasteiger partial charge in [0.15, 0.2) is 0 Å². The van der Waals surface area contributed by atoms with Crippen LogP contribution >= 0.6 is 0 Å². The molecule has 0 rings (SSSR count). The van der Waals surface area contributed by atoms with Crippen molar-refractivity contribution in [2.24, 2.45) is 0 Å². The zero-order valence-corrected chi connectivity index (χ0v) is 11.0. The molecule has 0 radical (unpaired) electrons. The average molecular weight is 224 g/mol. The Kier molecular flexibility index (Phi) is 12.1. The maximum absolute atomic E-state index is 9.60. The molecule has 0 amide bonds. The Morgan fingerprint density at radius 3 is 2.31 bits per heavy atom. The van der Waals surface area contributed by atoms with Gasteiger partial charge in [-0.25, -0.2) is 0 Å². The summed E-state index contributed by atoms with van der Waals surface area (Å²) >= 11 is 0. The molecule has 0 aromatic carbocycles. The van der Waals surface area contributed by atoms with Crippen molar-refractivity contribution >= 4 is 0 Å². The number of allylic oxidation sites excluding steroid dienone is 3. The lowest BCUT2D eigenvalue weighted by atomic mass is 10.1. The van der Waals surface area contributed by atoms with Crippen LogP contribution in [0.4, 0.5) is 0 Å². The molecule has 0 aromatic heterocycles. The van der Waals surface area contributed by atoms with Crippen molar-refractivity contribution in [2.45, 2.75) is 71.3 Å². The molecule has 0 saturated heterocycles. The Hall–Kier alpha value is -0.560. The van der Waals surface area contributed by atoms with Gasteiger partial charge in [0.1, 0.15) is 0 Å². The number of aliphatic hydroxyl groups is 1. The molecule has 16 heavy (non-hydrogen) atoms. The van der Waals surface area contributed by atoms with E-state index in [1.807, 2.05) is 12.2 Å². The molecule has 0 aromatic rings. The minimum Gasteiger partial charge on any atom is -0.389 e. The van der Waals surface area contributed by atoms with Gasteiger partial charge in [0.05, 0.1) is 6.10 Å². The van der Waals surface area contributed by atoms with E-state index in [1.165, 1.54) is 32.1 Å². The molecule has 1 N–H and O–H groups in total. The van der Waals surface area contributed by atoms with E-state index in [4.69, 9.17) is 0 Å². The molecule has 0 saturated carbocycles. The summed E-state index contributed by atoms with van der Waals surface area (Å²) in [5, 5.41) is 9.60. The smallest absolute Gasteiger partial charge is 0.0723 e. The van der Waals surface area contributed by atoms with Gasteiger partial charge in [0, 0.05) is 0 Å². The summed E-state index contributed by atoms with van der Waals surface area (Å²) in [6.45, 7) is 4.40. The van der Waals surface area contributed by atoms with Gasteiger partial charge < -0.3 is 5.11 Å². The SMILES string of the molecule is CCCCC/C=C/C=C\C(O)CCCCC. The van der Waals surface area contributed by atoms with Crippen molar-refractivity contribution in [3.8, 4) is 0 Å². The molecule has 0 aliphatic carbocycles. The van der Waals surface area contributed by atoms with Crippen molar-refractivity contribution < 1.29 is 5.11 Å². The summed E-state index contributed by atoms with van der Waals surface area (Å²) in [7, 11) is 0. The maximum Gasteiger partial charge on any atom is 0.0723 e. The van der Waals surface area contributed by atoms with E-state index >= 15 is 0 Å². The van der Waals surface area contributed by atoms with Crippen LogP contribution in [0, 0.1) is 0 Å². The second-order valence-corrected chi connectivity index (χ2v) is 4.37. The molecule has 0 fully saturated rings. The molecule has 0 heterocycles. The minimum absolute atomic E-state index is 0.258. The fourth-order valence-electron chi connectivity index (χ4n) is 1.58. The van der Waals surface area contributed by atoms with Gasteiger partial charge in [-0.1, -0.05) is 70.3 Å². The molecule has 0 spiro atoms. The number of aliphatic hydroxyl groups excluding tert-OH is 1. The van der Waals surface area contributed by atoms with Gasteiger partial charge in [-0.05, 0) is 19.3 Å². The summed E-state index contributed by atoms with van der Waals surface area (Å²) in [6.07, 6.45) is 17.3. The molecule has 1 heteroatoms. The normalized spacial score (nSPS) is 13.9. The third kappa shape index (κ3) is 11.5. The van der Waals surface area contributed by atoms with Crippen LogP contribution in [-0.4, -0.2) is 11.2 Å². The molecular formula is C15H28O. The summed E-state index contributed by atoms with van der Waals surface area (Å²) in [4.78, 5) is 0. The van der Waals surface area contributed by atoms with Gasteiger partial charge in [-0.15, -0.1) is 0 Å². The van der Waals surface area contributed by atoms with E-state index < -0.39 is 0 Å². The second kappa shape index (κ2) is 12.5. The Morgan fingerprint density at radius 1 is 0.938 bits per heavy atom. The topological polar surface area (TPSA) is 20.2 Å². The number of unbranched alkanes of at least 4 members (excludes halogenated alkanes) is 5. The first kappa shape index (κ1) is 15.4. The molecule has 0 aliphatic heterocycles. The fourth-order valence-corrected chi connectivity index (χ4v) is 1.58. The predicted octanol–water partition coefficient (Wildman–Crippen LogP) is 4.62. The highest BCUT2D eigenvalue weighted by molar-refractivity contribution is 5.04. The van der Waals surface area contributed by atoms with Crippen molar-refractivity contribution in [2.75, 3.05) is 0 Å². The van der Waals surface area contributed by atoms with E-state index in [1.54, 1.807) is 0 Å². The van der Waals surface area contributed by atoms with Crippen LogP contribution < -0.4 is 0 Å². The highest BCUT2D eigenvalue weighted by Crippen LogP contribution is 2.04. The number of hydrogen-bond acceptors (Lipinski definition) is 1. The third-order valence-corrected chi connectivity index (χ3v) is 2.66.